The molecule has 16 heteroatoms. The molecule has 0 bridgehead atoms. The molecular formula is C35H41N5O11. The van der Waals surface area contributed by atoms with Gasteiger partial charge in [0.2, 0.25) is 23.6 Å². The Morgan fingerprint density at radius 1 is 0.549 bits per heavy atom. The van der Waals surface area contributed by atoms with Gasteiger partial charge in [0.15, 0.2) is 0 Å². The summed E-state index contributed by atoms with van der Waals surface area (Å²) in [5.74, 6) is -6.08. The van der Waals surface area contributed by atoms with Gasteiger partial charge in [-0.15, -0.1) is 0 Å². The van der Waals surface area contributed by atoms with E-state index in [4.69, 9.17) is 5.73 Å². The van der Waals surface area contributed by atoms with E-state index in [2.05, 4.69) is 21.3 Å². The van der Waals surface area contributed by atoms with Gasteiger partial charge in [0.05, 0.1) is 6.04 Å². The maximum atomic E-state index is 13.5. The van der Waals surface area contributed by atoms with Crippen molar-refractivity contribution in [1.29, 1.82) is 0 Å². The van der Waals surface area contributed by atoms with Crippen LogP contribution in [0, 0.1) is 0 Å². The van der Waals surface area contributed by atoms with Gasteiger partial charge in [0, 0.05) is 19.3 Å². The Bertz CT molecular complexity index is 1680. The van der Waals surface area contributed by atoms with Crippen molar-refractivity contribution < 1.29 is 54.3 Å². The number of benzene rings is 3. The van der Waals surface area contributed by atoms with Crippen molar-refractivity contribution in [2.75, 3.05) is 0 Å². The van der Waals surface area contributed by atoms with Gasteiger partial charge >= 0.3 is 11.9 Å². The summed E-state index contributed by atoms with van der Waals surface area (Å²) in [7, 11) is 0. The summed E-state index contributed by atoms with van der Waals surface area (Å²) in [6, 6.07) is 10.7. The molecule has 0 spiro atoms. The predicted molar refractivity (Wildman–Crippen MR) is 181 cm³/mol. The van der Waals surface area contributed by atoms with E-state index in [1.165, 1.54) is 67.6 Å². The first kappa shape index (κ1) is 39.3. The molecule has 0 aliphatic carbocycles. The van der Waals surface area contributed by atoms with E-state index in [-0.39, 0.29) is 42.9 Å². The van der Waals surface area contributed by atoms with Gasteiger partial charge in [0.25, 0.3) is 0 Å². The fraction of sp³-hybridized carbons (Fsp3) is 0.314. The van der Waals surface area contributed by atoms with Gasteiger partial charge in [0.1, 0.15) is 41.4 Å². The second kappa shape index (κ2) is 18.6. The number of hydrogen-bond acceptors (Lipinski definition) is 10. The van der Waals surface area contributed by atoms with Gasteiger partial charge in [-0.05, 0) is 72.9 Å². The molecule has 0 saturated carbocycles. The number of aromatic hydroxyl groups is 3. The average molecular weight is 708 g/mol. The Morgan fingerprint density at radius 2 is 0.941 bits per heavy atom. The smallest absolute Gasteiger partial charge is 0.326 e. The van der Waals surface area contributed by atoms with E-state index in [0.717, 1.165) is 0 Å². The number of phenols is 3. The van der Waals surface area contributed by atoms with Crippen LogP contribution in [0.25, 0.3) is 0 Å². The zero-order chi connectivity index (χ0) is 37.7. The number of carboxylic acid groups (broad SMARTS) is 2. The number of hydrogen-bond donors (Lipinski definition) is 10. The molecule has 0 aliphatic heterocycles. The molecule has 5 atom stereocenters. The van der Waals surface area contributed by atoms with E-state index in [9.17, 15) is 54.3 Å². The monoisotopic (exact) mass is 707 g/mol. The van der Waals surface area contributed by atoms with Crippen LogP contribution in [0.4, 0.5) is 0 Å². The molecule has 0 radical (unpaired) electrons. The van der Waals surface area contributed by atoms with E-state index < -0.39 is 72.2 Å². The molecule has 0 aliphatic rings. The lowest BCUT2D eigenvalue weighted by molar-refractivity contribution is -0.142. The molecule has 51 heavy (non-hydrogen) atoms. The normalized spacial score (nSPS) is 13.8. The molecule has 272 valence electrons. The first-order valence-corrected chi connectivity index (χ1v) is 15.9. The van der Waals surface area contributed by atoms with Crippen LogP contribution in [0.1, 0.15) is 36.5 Å². The lowest BCUT2D eigenvalue weighted by Crippen LogP contribution is -2.58. The van der Waals surface area contributed by atoms with Crippen LogP contribution in [0.3, 0.4) is 0 Å². The van der Waals surface area contributed by atoms with E-state index in [1.807, 2.05) is 0 Å². The molecule has 0 fully saturated rings. The van der Waals surface area contributed by atoms with E-state index >= 15 is 0 Å². The summed E-state index contributed by atoms with van der Waals surface area (Å²) in [4.78, 5) is 76.3. The average Bonchev–Trinajstić information content (AvgIpc) is 3.08. The topological polar surface area (TPSA) is 278 Å². The van der Waals surface area contributed by atoms with E-state index in [0.29, 0.717) is 16.7 Å². The van der Waals surface area contributed by atoms with Gasteiger partial charge in [-0.3, -0.25) is 24.0 Å². The summed E-state index contributed by atoms with van der Waals surface area (Å²) >= 11 is 0. The van der Waals surface area contributed by atoms with Crippen LogP contribution in [0.5, 0.6) is 17.2 Å². The van der Waals surface area contributed by atoms with Crippen LogP contribution in [0.15, 0.2) is 72.8 Å². The number of aliphatic carboxylic acids is 2. The molecule has 11 N–H and O–H groups in total. The summed E-state index contributed by atoms with van der Waals surface area (Å²) in [6.07, 6.45) is -1.13. The number of phenolic OH excluding ortho intramolecular Hbond substituents is 3. The molecule has 0 saturated heterocycles. The first-order chi connectivity index (χ1) is 24.1. The van der Waals surface area contributed by atoms with Crippen molar-refractivity contribution in [2.45, 2.75) is 69.2 Å². The second-order valence-corrected chi connectivity index (χ2v) is 11.9. The maximum absolute atomic E-state index is 13.5. The predicted octanol–water partition coefficient (Wildman–Crippen LogP) is 0.0671. The highest BCUT2D eigenvalue weighted by atomic mass is 16.4. The minimum absolute atomic E-state index is 0.0122. The fourth-order valence-corrected chi connectivity index (χ4v) is 4.89. The first-order valence-electron chi connectivity index (χ1n) is 15.9. The number of carbonyl (C=O) groups is 6. The molecule has 0 aromatic heterocycles. The van der Waals surface area contributed by atoms with Crippen LogP contribution >= 0.6 is 0 Å². The Balaban J connectivity index is 1.75. The number of nitrogens with two attached hydrogens (primary N) is 1. The van der Waals surface area contributed by atoms with E-state index in [1.54, 1.807) is 12.1 Å². The van der Waals surface area contributed by atoms with Gasteiger partial charge in [-0.2, -0.15) is 0 Å². The summed E-state index contributed by atoms with van der Waals surface area (Å²) in [6.45, 7) is 1.30. The van der Waals surface area contributed by atoms with Crippen LogP contribution in [-0.4, -0.2) is 91.3 Å². The summed E-state index contributed by atoms with van der Waals surface area (Å²) < 4.78 is 0. The zero-order valence-corrected chi connectivity index (χ0v) is 27.6. The lowest BCUT2D eigenvalue weighted by Gasteiger charge is -2.25. The third-order valence-electron chi connectivity index (χ3n) is 7.76. The molecule has 16 nitrogen and oxygen atoms in total. The van der Waals surface area contributed by atoms with Gasteiger partial charge in [-0.25, -0.2) is 4.79 Å². The molecule has 3 aromatic carbocycles. The van der Waals surface area contributed by atoms with Crippen LogP contribution in [-0.2, 0) is 48.0 Å². The third kappa shape index (κ3) is 13.0. The minimum Gasteiger partial charge on any atom is -0.508 e. The van der Waals surface area contributed by atoms with Crippen molar-refractivity contribution in [3.63, 3.8) is 0 Å². The highest BCUT2D eigenvalue weighted by molar-refractivity contribution is 5.95. The third-order valence-corrected chi connectivity index (χ3v) is 7.76. The SMILES string of the molecule is C[C@H](NC(=O)[C@H](Cc1ccc(O)cc1)NC(=O)[C@H](CCC(=O)O)NC(=O)[C@@H](N)Cc1ccc(O)cc1)C(=O)N[C@@H](Cc1ccc(O)cc1)C(=O)O. The van der Waals surface area contributed by atoms with Gasteiger partial charge < -0.3 is 52.5 Å². The highest BCUT2D eigenvalue weighted by Gasteiger charge is 2.31. The Hall–Kier alpha value is -6.16. The number of carboxylic acids is 2. The zero-order valence-electron chi connectivity index (χ0n) is 27.6. The summed E-state index contributed by atoms with van der Waals surface area (Å²) in [5, 5.41) is 57.4. The number of carbonyl (C=O) groups excluding carboxylic acids is 4. The van der Waals surface area contributed by atoms with Gasteiger partial charge in [-0.1, -0.05) is 36.4 Å². The largest absolute Gasteiger partial charge is 0.508 e. The second-order valence-electron chi connectivity index (χ2n) is 11.9. The molecule has 3 rings (SSSR count). The van der Waals surface area contributed by atoms with Crippen LogP contribution in [0.2, 0.25) is 0 Å². The Morgan fingerprint density at radius 3 is 1.39 bits per heavy atom. The summed E-state index contributed by atoms with van der Waals surface area (Å²) in [5.41, 5.74) is 7.65. The molecule has 0 heterocycles. The quantitative estimate of drug-likeness (QED) is 0.0841. The van der Waals surface area contributed by atoms with Crippen LogP contribution < -0.4 is 27.0 Å². The molecular weight excluding hydrogens is 666 g/mol. The minimum atomic E-state index is -1.44. The molecule has 4 amide bonds. The maximum Gasteiger partial charge on any atom is 0.326 e. The number of rotatable bonds is 18. The van der Waals surface area contributed by atoms with Crippen molar-refractivity contribution in [1.82, 2.24) is 21.3 Å². The number of nitrogens with one attached hydrogen (secondary N) is 4. The molecule has 0 unspecified atom stereocenters. The highest BCUT2D eigenvalue weighted by Crippen LogP contribution is 2.14. The lowest BCUT2D eigenvalue weighted by atomic mass is 10.0. The van der Waals surface area contributed by atoms with Crippen molar-refractivity contribution >= 4 is 35.6 Å². The standard InChI is InChI=1S/C35H41N5O11/c1-19(31(46)40-29(35(50)51)18-22-6-12-25(43)13-7-22)37-34(49)28(17-21-4-10-24(42)11-5-21)39-33(48)27(14-15-30(44)45)38-32(47)26(36)16-20-2-8-23(41)9-3-20/h2-13,19,26-29,41-43H,14-18,36H2,1H3,(H,37,49)(H,38,47)(H,39,48)(H,40,46)(H,44,45)(H,50,51)/t19-,26-,27-,28-,29-/m0/s1. The molecule has 3 aromatic rings. The van der Waals surface area contributed by atoms with Crippen molar-refractivity contribution in [2.24, 2.45) is 5.73 Å². The fourth-order valence-electron chi connectivity index (χ4n) is 4.89. The Labute approximate surface area is 292 Å². The Kier molecular flexibility index (Phi) is 14.3. The van der Waals surface area contributed by atoms with Crippen molar-refractivity contribution in [3.8, 4) is 17.2 Å². The number of amides is 4. The van der Waals surface area contributed by atoms with Crippen molar-refractivity contribution in [3.05, 3.63) is 89.5 Å².